The summed E-state index contributed by atoms with van der Waals surface area (Å²) in [6.45, 7) is 5.85. The molecule has 0 fully saturated rings. The Labute approximate surface area is 118 Å². The summed E-state index contributed by atoms with van der Waals surface area (Å²) in [6, 6.07) is 4.80. The van der Waals surface area contributed by atoms with Crippen LogP contribution in [0.1, 0.15) is 25.8 Å². The van der Waals surface area contributed by atoms with Crippen LogP contribution in [0.25, 0.3) is 0 Å². The molecule has 0 aliphatic heterocycles. The minimum absolute atomic E-state index is 0.0331. The van der Waals surface area contributed by atoms with Crippen LogP contribution in [-0.4, -0.2) is 22.5 Å². The van der Waals surface area contributed by atoms with Gasteiger partial charge in [-0.3, -0.25) is 14.9 Å². The average molecular weight is 280 g/mol. The molecule has 1 aromatic rings. The lowest BCUT2D eigenvalue weighted by atomic mass is 9.97. The summed E-state index contributed by atoms with van der Waals surface area (Å²) >= 11 is 0. The van der Waals surface area contributed by atoms with Gasteiger partial charge in [-0.1, -0.05) is 19.9 Å². The maximum absolute atomic E-state index is 11.1. The van der Waals surface area contributed by atoms with Crippen molar-refractivity contribution in [3.63, 3.8) is 0 Å². The van der Waals surface area contributed by atoms with Gasteiger partial charge in [-0.15, -0.1) is 0 Å². The highest BCUT2D eigenvalue weighted by Gasteiger charge is 2.19. The number of nitro benzene ring substituents is 1. The second-order valence-electron chi connectivity index (χ2n) is 5.30. The number of nitro groups is 1. The Bertz CT molecular complexity index is 500. The number of rotatable bonds is 7. The van der Waals surface area contributed by atoms with Crippen molar-refractivity contribution in [2.45, 2.75) is 27.2 Å². The van der Waals surface area contributed by atoms with Crippen LogP contribution in [0.2, 0.25) is 0 Å². The van der Waals surface area contributed by atoms with Gasteiger partial charge >= 0.3 is 5.97 Å². The molecule has 20 heavy (non-hydrogen) atoms. The van der Waals surface area contributed by atoms with Crippen LogP contribution in [0.4, 0.5) is 11.4 Å². The van der Waals surface area contributed by atoms with Gasteiger partial charge < -0.3 is 10.4 Å². The van der Waals surface area contributed by atoms with Crippen LogP contribution in [0.5, 0.6) is 0 Å². The Morgan fingerprint density at radius 2 is 2.10 bits per heavy atom. The van der Waals surface area contributed by atoms with Crippen molar-refractivity contribution < 1.29 is 14.8 Å². The van der Waals surface area contributed by atoms with Gasteiger partial charge in [0, 0.05) is 23.9 Å². The summed E-state index contributed by atoms with van der Waals surface area (Å²) in [4.78, 5) is 21.5. The summed E-state index contributed by atoms with van der Waals surface area (Å²) in [7, 11) is 0. The monoisotopic (exact) mass is 280 g/mol. The van der Waals surface area contributed by atoms with Crippen molar-refractivity contribution in [3.05, 3.63) is 33.9 Å². The van der Waals surface area contributed by atoms with E-state index >= 15 is 0 Å². The van der Waals surface area contributed by atoms with E-state index in [1.165, 1.54) is 6.07 Å². The van der Waals surface area contributed by atoms with Crippen molar-refractivity contribution in [3.8, 4) is 0 Å². The molecule has 0 amide bonds. The van der Waals surface area contributed by atoms with Gasteiger partial charge in [0.05, 0.1) is 10.8 Å². The summed E-state index contributed by atoms with van der Waals surface area (Å²) in [5.74, 6) is -1.08. The van der Waals surface area contributed by atoms with E-state index in [9.17, 15) is 14.9 Å². The lowest BCUT2D eigenvalue weighted by molar-refractivity contribution is -0.385. The molecular formula is C14H20N2O4. The Hall–Kier alpha value is -2.11. The third-order valence-electron chi connectivity index (χ3n) is 3.06. The highest BCUT2D eigenvalue weighted by atomic mass is 16.6. The van der Waals surface area contributed by atoms with E-state index in [1.807, 2.05) is 13.8 Å². The van der Waals surface area contributed by atoms with Gasteiger partial charge in [-0.2, -0.15) is 0 Å². The molecule has 1 rings (SSSR count). The fourth-order valence-corrected chi connectivity index (χ4v) is 2.00. The van der Waals surface area contributed by atoms with Crippen LogP contribution in [0.15, 0.2) is 18.2 Å². The smallest absolute Gasteiger partial charge is 0.308 e. The van der Waals surface area contributed by atoms with Crippen molar-refractivity contribution in [2.75, 3.05) is 11.9 Å². The minimum atomic E-state index is -0.854. The zero-order valence-corrected chi connectivity index (χ0v) is 11.9. The zero-order valence-electron chi connectivity index (χ0n) is 11.9. The minimum Gasteiger partial charge on any atom is -0.481 e. The van der Waals surface area contributed by atoms with Crippen molar-refractivity contribution in [1.82, 2.24) is 0 Å². The first-order valence-electron chi connectivity index (χ1n) is 6.53. The Morgan fingerprint density at radius 3 is 2.60 bits per heavy atom. The number of hydrogen-bond donors (Lipinski definition) is 2. The number of aliphatic carboxylic acids is 1. The molecule has 0 spiro atoms. The molecule has 2 N–H and O–H groups in total. The van der Waals surface area contributed by atoms with E-state index in [0.717, 1.165) is 0 Å². The number of carboxylic acids is 1. The van der Waals surface area contributed by atoms with Gasteiger partial charge in [-0.05, 0) is 25.3 Å². The second kappa shape index (κ2) is 6.88. The third-order valence-corrected chi connectivity index (χ3v) is 3.06. The van der Waals surface area contributed by atoms with Crippen LogP contribution in [0, 0.1) is 28.9 Å². The molecule has 0 bridgehead atoms. The lowest BCUT2D eigenvalue weighted by Crippen LogP contribution is -2.24. The maximum Gasteiger partial charge on any atom is 0.308 e. The van der Waals surface area contributed by atoms with E-state index in [-0.39, 0.29) is 18.2 Å². The summed E-state index contributed by atoms with van der Waals surface area (Å²) in [6.07, 6.45) is 0.566. The first-order valence-corrected chi connectivity index (χ1v) is 6.53. The zero-order chi connectivity index (χ0) is 15.3. The van der Waals surface area contributed by atoms with Crippen LogP contribution < -0.4 is 5.32 Å². The molecule has 0 radical (unpaired) electrons. The van der Waals surface area contributed by atoms with Gasteiger partial charge in [0.1, 0.15) is 0 Å². The van der Waals surface area contributed by atoms with Crippen molar-refractivity contribution in [1.29, 1.82) is 0 Å². The molecule has 0 aromatic heterocycles. The molecule has 110 valence electrons. The first-order chi connectivity index (χ1) is 9.31. The molecule has 6 heteroatoms. The number of benzene rings is 1. The van der Waals surface area contributed by atoms with Gasteiger partial charge in [0.15, 0.2) is 0 Å². The lowest BCUT2D eigenvalue weighted by Gasteiger charge is -2.16. The number of nitrogens with one attached hydrogen (secondary N) is 1. The van der Waals surface area contributed by atoms with Crippen molar-refractivity contribution >= 4 is 17.3 Å². The Kier molecular flexibility index (Phi) is 5.49. The molecule has 1 unspecified atom stereocenters. The molecule has 0 heterocycles. The number of aryl methyl sites for hydroxylation is 1. The topological polar surface area (TPSA) is 92.5 Å². The summed E-state index contributed by atoms with van der Waals surface area (Å²) < 4.78 is 0. The number of carboxylic acid groups (broad SMARTS) is 1. The quantitative estimate of drug-likeness (QED) is 0.591. The SMILES string of the molecule is Cc1ccc(NCC(CC(C)C)C(=O)O)cc1[N+](=O)[O-]. The van der Waals surface area contributed by atoms with E-state index in [1.54, 1.807) is 19.1 Å². The molecule has 1 atom stereocenters. The van der Waals surface area contributed by atoms with E-state index < -0.39 is 16.8 Å². The van der Waals surface area contributed by atoms with Crippen LogP contribution in [-0.2, 0) is 4.79 Å². The number of hydrogen-bond acceptors (Lipinski definition) is 4. The van der Waals surface area contributed by atoms with E-state index in [2.05, 4.69) is 5.32 Å². The number of anilines is 1. The molecule has 1 aromatic carbocycles. The highest BCUT2D eigenvalue weighted by Crippen LogP contribution is 2.23. The Morgan fingerprint density at radius 1 is 1.45 bits per heavy atom. The molecule has 0 saturated heterocycles. The molecular weight excluding hydrogens is 260 g/mol. The van der Waals surface area contributed by atoms with Crippen LogP contribution in [0.3, 0.4) is 0 Å². The molecule has 0 saturated carbocycles. The summed E-state index contributed by atoms with van der Waals surface area (Å²) in [5, 5.41) is 23.0. The third kappa shape index (κ3) is 4.53. The van der Waals surface area contributed by atoms with Crippen LogP contribution >= 0.6 is 0 Å². The largest absolute Gasteiger partial charge is 0.481 e. The predicted molar refractivity (Wildman–Crippen MR) is 76.9 cm³/mol. The van der Waals surface area contributed by atoms with Crippen molar-refractivity contribution in [2.24, 2.45) is 11.8 Å². The van der Waals surface area contributed by atoms with Gasteiger partial charge in [-0.25, -0.2) is 0 Å². The van der Waals surface area contributed by atoms with Gasteiger partial charge in [0.25, 0.3) is 5.69 Å². The molecule has 0 aliphatic rings. The number of nitrogens with zero attached hydrogens (tertiary/aromatic N) is 1. The number of carbonyl (C=O) groups is 1. The fourth-order valence-electron chi connectivity index (χ4n) is 2.00. The fraction of sp³-hybridized carbons (Fsp3) is 0.500. The highest BCUT2D eigenvalue weighted by molar-refractivity contribution is 5.71. The first kappa shape index (κ1) is 15.9. The second-order valence-corrected chi connectivity index (χ2v) is 5.30. The molecule has 0 aliphatic carbocycles. The maximum atomic E-state index is 11.1. The van der Waals surface area contributed by atoms with E-state index in [4.69, 9.17) is 5.11 Å². The van der Waals surface area contributed by atoms with E-state index in [0.29, 0.717) is 17.7 Å². The molecule has 6 nitrogen and oxygen atoms in total. The summed E-state index contributed by atoms with van der Waals surface area (Å²) in [5.41, 5.74) is 1.18. The average Bonchev–Trinajstić information content (AvgIpc) is 2.34. The Balaban J connectivity index is 2.75. The van der Waals surface area contributed by atoms with Gasteiger partial charge in [0.2, 0.25) is 0 Å². The standard InChI is InChI=1S/C14H20N2O4/c1-9(2)6-11(14(17)18)8-15-12-5-4-10(3)13(7-12)16(19)20/h4-5,7,9,11,15H,6,8H2,1-3H3,(H,17,18). The predicted octanol–water partition coefficient (Wildman–Crippen LogP) is 3.06. The normalized spacial score (nSPS) is 12.2.